The van der Waals surface area contributed by atoms with Gasteiger partial charge in [-0.3, -0.25) is 14.3 Å². The molecule has 0 radical (unpaired) electrons. The first-order valence-corrected chi connectivity index (χ1v) is 9.52. The number of aromatic nitrogens is 3. The second kappa shape index (κ2) is 8.01. The largest absolute Gasteiger partial charge is 0.493 e. The van der Waals surface area contributed by atoms with Crippen molar-refractivity contribution in [1.82, 2.24) is 14.5 Å². The molecule has 10 heteroatoms. The van der Waals surface area contributed by atoms with Gasteiger partial charge in [-0.25, -0.2) is 9.37 Å². The summed E-state index contributed by atoms with van der Waals surface area (Å²) in [5, 5.41) is 2.96. The number of nitrogens with zero attached hydrogens (tertiary/aromatic N) is 3. The maximum atomic E-state index is 14.4. The lowest BCUT2D eigenvalue weighted by molar-refractivity contribution is -0.141. The summed E-state index contributed by atoms with van der Waals surface area (Å²) in [7, 11) is 1.47. The molecule has 31 heavy (non-hydrogen) atoms. The van der Waals surface area contributed by atoms with Crippen LogP contribution in [0.25, 0.3) is 11.1 Å². The Kier molecular flexibility index (Phi) is 5.38. The van der Waals surface area contributed by atoms with E-state index in [-0.39, 0.29) is 29.4 Å². The summed E-state index contributed by atoms with van der Waals surface area (Å²) in [5.41, 5.74) is 0.0343. The zero-order chi connectivity index (χ0) is 22.2. The highest BCUT2D eigenvalue weighted by Crippen LogP contribution is 2.30. The standard InChI is InChI=1S/C21H18F4N4O2/c1-29-19(30)14(12-4-7-18(26-9-12)21(23,24)25)10-27-20(29)28-11-15-13-3-2-8-31-17(13)6-5-16(15)22/h4-7,9-10H,2-3,8,11H2,1H3,(H,27,28). The Morgan fingerprint density at radius 2 is 1.97 bits per heavy atom. The number of benzene rings is 1. The summed E-state index contributed by atoms with van der Waals surface area (Å²) >= 11 is 0. The molecule has 0 saturated carbocycles. The summed E-state index contributed by atoms with van der Waals surface area (Å²) in [6.07, 6.45) is -0.840. The van der Waals surface area contributed by atoms with Gasteiger partial charge in [-0.1, -0.05) is 6.07 Å². The number of alkyl halides is 3. The molecule has 0 spiro atoms. The molecule has 0 saturated heterocycles. The third-order valence-corrected chi connectivity index (χ3v) is 5.12. The van der Waals surface area contributed by atoms with Gasteiger partial charge in [-0.2, -0.15) is 13.2 Å². The van der Waals surface area contributed by atoms with E-state index >= 15 is 0 Å². The van der Waals surface area contributed by atoms with Crippen LogP contribution in [0.4, 0.5) is 23.5 Å². The van der Waals surface area contributed by atoms with Crippen LogP contribution < -0.4 is 15.6 Å². The molecule has 1 N–H and O–H groups in total. The first-order valence-electron chi connectivity index (χ1n) is 9.52. The molecule has 0 unspecified atom stereocenters. The van der Waals surface area contributed by atoms with E-state index < -0.39 is 17.4 Å². The van der Waals surface area contributed by atoms with Crippen LogP contribution in [-0.4, -0.2) is 21.1 Å². The van der Waals surface area contributed by atoms with E-state index in [0.717, 1.165) is 24.2 Å². The quantitative estimate of drug-likeness (QED) is 0.630. The Hall–Kier alpha value is -3.43. The van der Waals surface area contributed by atoms with Gasteiger partial charge in [0, 0.05) is 42.7 Å². The van der Waals surface area contributed by atoms with Crippen molar-refractivity contribution >= 4 is 5.95 Å². The molecule has 2 aromatic heterocycles. The highest BCUT2D eigenvalue weighted by Gasteiger charge is 2.32. The Morgan fingerprint density at radius 3 is 2.68 bits per heavy atom. The second-order valence-corrected chi connectivity index (χ2v) is 7.10. The minimum Gasteiger partial charge on any atom is -0.493 e. The molecule has 4 rings (SSSR count). The number of hydrogen-bond donors (Lipinski definition) is 1. The van der Waals surface area contributed by atoms with Crippen LogP contribution in [0.5, 0.6) is 5.75 Å². The molecular weight excluding hydrogens is 416 g/mol. The highest BCUT2D eigenvalue weighted by molar-refractivity contribution is 5.61. The maximum Gasteiger partial charge on any atom is 0.433 e. The lowest BCUT2D eigenvalue weighted by atomic mass is 9.99. The van der Waals surface area contributed by atoms with Crippen molar-refractivity contribution in [3.05, 3.63) is 69.7 Å². The molecule has 0 fully saturated rings. The zero-order valence-electron chi connectivity index (χ0n) is 16.5. The molecule has 0 aliphatic carbocycles. The molecule has 1 aliphatic heterocycles. The molecule has 162 valence electrons. The molecule has 3 aromatic rings. The third-order valence-electron chi connectivity index (χ3n) is 5.12. The minimum atomic E-state index is -4.56. The number of pyridine rings is 1. The summed E-state index contributed by atoms with van der Waals surface area (Å²) in [5.74, 6) is 0.466. The van der Waals surface area contributed by atoms with E-state index in [1.807, 2.05) is 0 Å². The van der Waals surface area contributed by atoms with Gasteiger partial charge in [0.2, 0.25) is 5.95 Å². The summed E-state index contributed by atoms with van der Waals surface area (Å²) in [6.45, 7) is 0.682. The highest BCUT2D eigenvalue weighted by atomic mass is 19.4. The Balaban J connectivity index is 1.58. The van der Waals surface area contributed by atoms with E-state index in [2.05, 4.69) is 15.3 Å². The Labute approximate surface area is 174 Å². The van der Waals surface area contributed by atoms with Crippen LogP contribution >= 0.6 is 0 Å². The first-order chi connectivity index (χ1) is 14.8. The van der Waals surface area contributed by atoms with E-state index in [1.54, 1.807) is 6.07 Å². The van der Waals surface area contributed by atoms with Gasteiger partial charge >= 0.3 is 6.18 Å². The fourth-order valence-electron chi connectivity index (χ4n) is 3.47. The van der Waals surface area contributed by atoms with Gasteiger partial charge in [-0.05, 0) is 31.0 Å². The maximum absolute atomic E-state index is 14.4. The van der Waals surface area contributed by atoms with Crippen LogP contribution in [0.1, 0.15) is 23.2 Å². The van der Waals surface area contributed by atoms with Gasteiger partial charge in [0.15, 0.2) is 0 Å². The predicted molar refractivity (Wildman–Crippen MR) is 105 cm³/mol. The SMILES string of the molecule is Cn1c(NCc2c(F)ccc3c2CCCO3)ncc(-c2ccc(C(F)(F)F)nc2)c1=O. The Morgan fingerprint density at radius 1 is 1.16 bits per heavy atom. The van der Waals surface area contributed by atoms with Crippen LogP contribution in [-0.2, 0) is 26.2 Å². The van der Waals surface area contributed by atoms with Crippen molar-refractivity contribution in [2.24, 2.45) is 7.05 Å². The average Bonchev–Trinajstić information content (AvgIpc) is 2.75. The zero-order valence-corrected chi connectivity index (χ0v) is 16.5. The fourth-order valence-corrected chi connectivity index (χ4v) is 3.47. The average molecular weight is 434 g/mol. The van der Waals surface area contributed by atoms with E-state index in [4.69, 9.17) is 4.74 Å². The molecule has 3 heterocycles. The summed E-state index contributed by atoms with van der Waals surface area (Å²) in [4.78, 5) is 20.3. The molecule has 0 atom stereocenters. The molecular formula is C21H18F4N4O2. The number of anilines is 1. The van der Waals surface area contributed by atoms with Crippen LogP contribution in [0.2, 0.25) is 0 Å². The van der Waals surface area contributed by atoms with E-state index in [1.165, 1.54) is 29.9 Å². The van der Waals surface area contributed by atoms with Gasteiger partial charge in [0.05, 0.1) is 12.2 Å². The number of halogens is 4. The number of rotatable bonds is 4. The molecule has 0 bridgehead atoms. The molecule has 1 aliphatic rings. The summed E-state index contributed by atoms with van der Waals surface area (Å²) < 4.78 is 59.3. The van der Waals surface area contributed by atoms with Gasteiger partial charge < -0.3 is 10.1 Å². The van der Waals surface area contributed by atoms with Crippen molar-refractivity contribution in [3.63, 3.8) is 0 Å². The summed E-state index contributed by atoms with van der Waals surface area (Å²) in [6, 6.07) is 4.93. The first kappa shape index (κ1) is 20.8. The number of nitrogens with one attached hydrogen (secondary N) is 1. The fraction of sp³-hybridized carbons (Fsp3) is 0.286. The molecule has 6 nitrogen and oxygen atoms in total. The number of hydrogen-bond acceptors (Lipinski definition) is 5. The minimum absolute atomic E-state index is 0.0971. The molecule has 1 aromatic carbocycles. The van der Waals surface area contributed by atoms with E-state index in [0.29, 0.717) is 24.3 Å². The number of fused-ring (bicyclic) bond motifs is 1. The predicted octanol–water partition coefficient (Wildman–Crippen LogP) is 3.94. The smallest absolute Gasteiger partial charge is 0.433 e. The topological polar surface area (TPSA) is 69.0 Å². The monoisotopic (exact) mass is 434 g/mol. The van der Waals surface area contributed by atoms with Crippen molar-refractivity contribution in [1.29, 1.82) is 0 Å². The lowest BCUT2D eigenvalue weighted by Gasteiger charge is -2.21. The van der Waals surface area contributed by atoms with Crippen LogP contribution in [0.3, 0.4) is 0 Å². The second-order valence-electron chi connectivity index (χ2n) is 7.10. The van der Waals surface area contributed by atoms with Crippen LogP contribution in [0, 0.1) is 5.82 Å². The van der Waals surface area contributed by atoms with Crippen molar-refractivity contribution < 1.29 is 22.3 Å². The van der Waals surface area contributed by atoms with Gasteiger partial charge in [-0.15, -0.1) is 0 Å². The van der Waals surface area contributed by atoms with Gasteiger partial charge in [0.1, 0.15) is 17.3 Å². The molecule has 0 amide bonds. The normalized spacial score (nSPS) is 13.5. The van der Waals surface area contributed by atoms with Crippen molar-refractivity contribution in [2.75, 3.05) is 11.9 Å². The van der Waals surface area contributed by atoms with Crippen molar-refractivity contribution in [3.8, 4) is 16.9 Å². The van der Waals surface area contributed by atoms with Crippen LogP contribution in [0.15, 0.2) is 41.5 Å². The van der Waals surface area contributed by atoms with Crippen molar-refractivity contribution in [2.45, 2.75) is 25.6 Å². The van der Waals surface area contributed by atoms with Gasteiger partial charge in [0.25, 0.3) is 5.56 Å². The van der Waals surface area contributed by atoms with E-state index in [9.17, 15) is 22.4 Å². The number of ether oxygens (including phenoxy) is 1. The third kappa shape index (κ3) is 4.10. The lowest BCUT2D eigenvalue weighted by Crippen LogP contribution is -2.24. The Bertz CT molecular complexity index is 1170.